The summed E-state index contributed by atoms with van der Waals surface area (Å²) in [7, 11) is 1.64. The van der Waals surface area contributed by atoms with E-state index in [1.807, 2.05) is 32.0 Å². The number of anilines is 1. The summed E-state index contributed by atoms with van der Waals surface area (Å²) in [5, 5.41) is 7.60. The Kier molecular flexibility index (Phi) is 4.92. The Labute approximate surface area is 157 Å². The van der Waals surface area contributed by atoms with Crippen LogP contribution in [0.1, 0.15) is 11.4 Å². The number of fused-ring (bicyclic) bond motifs is 1. The van der Waals surface area contributed by atoms with Gasteiger partial charge in [0.2, 0.25) is 9.84 Å². The minimum Gasteiger partial charge on any atom is -0.370 e. The normalized spacial score (nSPS) is 12.1. The fraction of sp³-hybridized carbons (Fsp3) is 0.294. The first-order chi connectivity index (χ1) is 12.2. The van der Waals surface area contributed by atoms with Crippen molar-refractivity contribution < 1.29 is 8.42 Å². The first kappa shape index (κ1) is 18.6. The molecule has 138 valence electrons. The number of aromatic nitrogens is 3. The molecule has 0 fully saturated rings. The van der Waals surface area contributed by atoms with Crippen molar-refractivity contribution in [3.8, 4) is 0 Å². The van der Waals surface area contributed by atoms with Gasteiger partial charge in [-0.3, -0.25) is 0 Å². The zero-order chi connectivity index (χ0) is 19.1. The number of hydrogen-bond acceptors (Lipinski definition) is 6. The SMILES string of the molecule is CNc1nn2c(C)cc(CN(C)C)nc2c1S(=O)(=O)c1cccc(Cl)c1. The molecule has 0 unspecified atom stereocenters. The third kappa shape index (κ3) is 3.27. The Hall–Kier alpha value is -2.16. The summed E-state index contributed by atoms with van der Waals surface area (Å²) >= 11 is 5.99. The van der Waals surface area contributed by atoms with E-state index in [0.29, 0.717) is 17.2 Å². The van der Waals surface area contributed by atoms with Crippen molar-refractivity contribution in [1.29, 1.82) is 0 Å². The molecule has 0 atom stereocenters. The lowest BCUT2D eigenvalue weighted by atomic mass is 10.3. The number of halogens is 1. The van der Waals surface area contributed by atoms with Crippen LogP contribution in [0.15, 0.2) is 40.1 Å². The third-order valence-electron chi connectivity index (χ3n) is 3.87. The topological polar surface area (TPSA) is 79.6 Å². The fourth-order valence-corrected chi connectivity index (χ4v) is 4.58. The number of nitrogens with one attached hydrogen (secondary N) is 1. The Balaban J connectivity index is 2.31. The molecule has 0 radical (unpaired) electrons. The van der Waals surface area contributed by atoms with Crippen molar-refractivity contribution >= 4 is 32.9 Å². The van der Waals surface area contributed by atoms with Crippen molar-refractivity contribution in [2.24, 2.45) is 0 Å². The summed E-state index contributed by atoms with van der Waals surface area (Å²) in [5.41, 5.74) is 1.87. The zero-order valence-electron chi connectivity index (χ0n) is 15.0. The summed E-state index contributed by atoms with van der Waals surface area (Å²) < 4.78 is 28.1. The summed E-state index contributed by atoms with van der Waals surface area (Å²) in [6.45, 7) is 2.46. The maximum atomic E-state index is 13.3. The van der Waals surface area contributed by atoms with Crippen molar-refractivity contribution in [3.05, 3.63) is 46.7 Å². The quantitative estimate of drug-likeness (QED) is 0.717. The average molecular weight is 394 g/mol. The second-order valence-corrected chi connectivity index (χ2v) is 8.57. The van der Waals surface area contributed by atoms with E-state index in [9.17, 15) is 8.42 Å². The largest absolute Gasteiger partial charge is 0.370 e. The molecule has 7 nitrogen and oxygen atoms in total. The molecule has 0 aliphatic rings. The molecule has 2 heterocycles. The van der Waals surface area contributed by atoms with E-state index in [-0.39, 0.29) is 15.6 Å². The van der Waals surface area contributed by atoms with E-state index < -0.39 is 9.84 Å². The first-order valence-corrected chi connectivity index (χ1v) is 9.82. The van der Waals surface area contributed by atoms with E-state index >= 15 is 0 Å². The van der Waals surface area contributed by atoms with Crippen LogP contribution in [0.5, 0.6) is 0 Å². The molecule has 0 spiro atoms. The lowest BCUT2D eigenvalue weighted by Crippen LogP contribution is -2.13. The molecule has 1 aromatic carbocycles. The van der Waals surface area contributed by atoms with E-state index in [4.69, 9.17) is 11.6 Å². The Morgan fingerprint density at radius 2 is 2.00 bits per heavy atom. The molecule has 2 aromatic heterocycles. The van der Waals surface area contributed by atoms with Crippen LogP contribution in [0.25, 0.3) is 5.65 Å². The van der Waals surface area contributed by atoms with Crippen molar-refractivity contribution in [2.75, 3.05) is 26.5 Å². The number of aryl methyl sites for hydroxylation is 1. The Bertz CT molecular complexity index is 1080. The van der Waals surface area contributed by atoms with Crippen LogP contribution in [-0.2, 0) is 16.4 Å². The summed E-state index contributed by atoms with van der Waals surface area (Å²) in [6, 6.07) is 8.08. The maximum absolute atomic E-state index is 13.3. The molecular formula is C17H20ClN5O2S. The third-order valence-corrected chi connectivity index (χ3v) is 5.89. The van der Waals surface area contributed by atoms with E-state index in [2.05, 4.69) is 15.4 Å². The van der Waals surface area contributed by atoms with Gasteiger partial charge in [0.05, 0.1) is 10.6 Å². The highest BCUT2D eigenvalue weighted by atomic mass is 35.5. The van der Waals surface area contributed by atoms with Crippen molar-refractivity contribution in [1.82, 2.24) is 19.5 Å². The second kappa shape index (κ2) is 6.86. The molecule has 3 aromatic rings. The van der Waals surface area contributed by atoms with Gasteiger partial charge in [-0.05, 0) is 45.3 Å². The van der Waals surface area contributed by atoms with Gasteiger partial charge in [0, 0.05) is 24.3 Å². The van der Waals surface area contributed by atoms with Crippen molar-refractivity contribution in [2.45, 2.75) is 23.3 Å². The van der Waals surface area contributed by atoms with Crippen LogP contribution in [0.4, 0.5) is 5.82 Å². The second-order valence-electron chi connectivity index (χ2n) is 6.25. The van der Waals surface area contributed by atoms with E-state index in [0.717, 1.165) is 11.4 Å². The molecule has 9 heteroatoms. The van der Waals surface area contributed by atoms with Crippen LogP contribution in [0.3, 0.4) is 0 Å². The molecule has 3 rings (SSSR count). The van der Waals surface area contributed by atoms with Gasteiger partial charge < -0.3 is 10.2 Å². The molecule has 0 saturated heterocycles. The molecule has 1 N–H and O–H groups in total. The highest BCUT2D eigenvalue weighted by molar-refractivity contribution is 7.91. The van der Waals surface area contributed by atoms with E-state index in [1.54, 1.807) is 23.7 Å². The monoisotopic (exact) mass is 393 g/mol. The maximum Gasteiger partial charge on any atom is 0.214 e. The standard InChI is InChI=1S/C17H20ClN5O2S/c1-11-8-13(10-22(3)4)20-17-15(16(19-2)21-23(11)17)26(24,25)14-7-5-6-12(18)9-14/h5-9H,10H2,1-4H3,(H,19,21). The predicted octanol–water partition coefficient (Wildman–Crippen LogP) is 2.63. The number of rotatable bonds is 5. The molecular weight excluding hydrogens is 374 g/mol. The Morgan fingerprint density at radius 1 is 1.27 bits per heavy atom. The van der Waals surface area contributed by atoms with Gasteiger partial charge >= 0.3 is 0 Å². The van der Waals surface area contributed by atoms with Gasteiger partial charge in [-0.2, -0.15) is 0 Å². The molecule has 0 amide bonds. The average Bonchev–Trinajstić information content (AvgIpc) is 2.94. The number of sulfone groups is 1. The first-order valence-electron chi connectivity index (χ1n) is 7.96. The van der Waals surface area contributed by atoms with Gasteiger partial charge in [0.1, 0.15) is 0 Å². The number of hydrogen-bond donors (Lipinski definition) is 1. The lowest BCUT2D eigenvalue weighted by Gasteiger charge is -2.11. The fourth-order valence-electron chi connectivity index (χ4n) is 2.78. The zero-order valence-corrected chi connectivity index (χ0v) is 16.6. The van der Waals surface area contributed by atoms with Crippen LogP contribution >= 0.6 is 11.6 Å². The molecule has 0 bridgehead atoms. The van der Waals surface area contributed by atoms with Crippen LogP contribution in [0, 0.1) is 6.92 Å². The van der Waals surface area contributed by atoms with Gasteiger partial charge in [-0.15, -0.1) is 5.10 Å². The highest BCUT2D eigenvalue weighted by Crippen LogP contribution is 2.32. The Morgan fingerprint density at radius 3 is 2.62 bits per heavy atom. The number of benzene rings is 1. The lowest BCUT2D eigenvalue weighted by molar-refractivity contribution is 0.396. The van der Waals surface area contributed by atoms with Gasteiger partial charge in [-0.1, -0.05) is 17.7 Å². The molecule has 0 aliphatic heterocycles. The van der Waals surface area contributed by atoms with Crippen LogP contribution < -0.4 is 5.32 Å². The minimum absolute atomic E-state index is 0.0472. The molecule has 26 heavy (non-hydrogen) atoms. The predicted molar refractivity (Wildman–Crippen MR) is 102 cm³/mol. The summed E-state index contributed by atoms with van der Waals surface area (Å²) in [5.74, 6) is 0.252. The highest BCUT2D eigenvalue weighted by Gasteiger charge is 2.29. The van der Waals surface area contributed by atoms with Crippen LogP contribution in [-0.4, -0.2) is 49.1 Å². The van der Waals surface area contributed by atoms with Gasteiger partial charge in [0.25, 0.3) is 0 Å². The van der Waals surface area contributed by atoms with Gasteiger partial charge in [0.15, 0.2) is 16.4 Å². The van der Waals surface area contributed by atoms with Crippen molar-refractivity contribution in [3.63, 3.8) is 0 Å². The van der Waals surface area contributed by atoms with E-state index in [1.165, 1.54) is 12.1 Å². The number of nitrogens with zero attached hydrogens (tertiary/aromatic N) is 4. The molecule has 0 aliphatic carbocycles. The molecule has 0 saturated carbocycles. The van der Waals surface area contributed by atoms with Gasteiger partial charge in [-0.25, -0.2) is 17.9 Å². The smallest absolute Gasteiger partial charge is 0.214 e. The minimum atomic E-state index is -3.86. The van der Waals surface area contributed by atoms with Crippen LogP contribution in [0.2, 0.25) is 5.02 Å². The summed E-state index contributed by atoms with van der Waals surface area (Å²) in [4.78, 5) is 6.69. The summed E-state index contributed by atoms with van der Waals surface area (Å²) in [6.07, 6.45) is 0.